The predicted molar refractivity (Wildman–Crippen MR) is 144 cm³/mol. The Labute approximate surface area is 225 Å². The van der Waals surface area contributed by atoms with E-state index in [0.29, 0.717) is 16.2 Å². The van der Waals surface area contributed by atoms with Gasteiger partial charge in [0, 0.05) is 41.8 Å². The molecular weight excluding hydrogens is 537 g/mol. The molecule has 192 valence electrons. The molecule has 3 aromatic heterocycles. The van der Waals surface area contributed by atoms with Crippen LogP contribution in [0, 0.1) is 5.82 Å². The minimum atomic E-state index is -1.05. The number of thiazole rings is 1. The van der Waals surface area contributed by atoms with Crippen molar-refractivity contribution in [3.8, 4) is 10.6 Å². The van der Waals surface area contributed by atoms with E-state index in [0.717, 1.165) is 47.4 Å². The van der Waals surface area contributed by atoms with Crippen LogP contribution in [0.2, 0.25) is 5.02 Å². The lowest BCUT2D eigenvalue weighted by atomic mass is 10.2. The van der Waals surface area contributed by atoms with Crippen LogP contribution in [0.1, 0.15) is 35.0 Å². The molecule has 8 nitrogen and oxygen atoms in total. The zero-order valence-electron chi connectivity index (χ0n) is 19.8. The second-order valence-corrected chi connectivity index (χ2v) is 11.2. The molecule has 2 aliphatic rings. The van der Waals surface area contributed by atoms with Crippen molar-refractivity contribution in [3.63, 3.8) is 0 Å². The average Bonchev–Trinajstić information content (AvgIpc) is 3.59. The Hall–Kier alpha value is -3.12. The molecule has 37 heavy (non-hydrogen) atoms. The van der Waals surface area contributed by atoms with E-state index in [2.05, 4.69) is 27.1 Å². The monoisotopic (exact) mass is 559 g/mol. The van der Waals surface area contributed by atoms with Crippen molar-refractivity contribution in [2.75, 3.05) is 23.3 Å². The van der Waals surface area contributed by atoms with Crippen LogP contribution in [0.5, 0.6) is 0 Å². The van der Waals surface area contributed by atoms with Gasteiger partial charge in [-0.15, -0.1) is 11.3 Å². The zero-order valence-corrected chi connectivity index (χ0v) is 22.2. The number of aromatic nitrogens is 2. The minimum Gasteiger partial charge on any atom is -0.478 e. The lowest BCUT2D eigenvalue weighted by Crippen LogP contribution is -2.25. The van der Waals surface area contributed by atoms with Crippen molar-refractivity contribution < 1.29 is 19.1 Å². The number of carbonyl (C=O) groups excluding carboxylic acids is 1. The van der Waals surface area contributed by atoms with E-state index < -0.39 is 17.7 Å². The number of carboxylic acids is 1. The van der Waals surface area contributed by atoms with Crippen LogP contribution in [0.3, 0.4) is 0 Å². The summed E-state index contributed by atoms with van der Waals surface area (Å²) in [4.78, 5) is 38.6. The lowest BCUT2D eigenvalue weighted by molar-refractivity contribution is -0.132. The molecule has 5 rings (SSSR count). The fourth-order valence-corrected chi connectivity index (χ4v) is 6.45. The fourth-order valence-electron chi connectivity index (χ4n) is 4.30. The number of anilines is 2. The Balaban J connectivity index is 1.34. The Morgan fingerprint density at radius 3 is 2.81 bits per heavy atom. The number of carboxylic acid groups (broad SMARTS) is 1. The van der Waals surface area contributed by atoms with Gasteiger partial charge in [0.2, 0.25) is 0 Å². The molecule has 12 heteroatoms. The van der Waals surface area contributed by atoms with Crippen LogP contribution in [-0.2, 0) is 11.3 Å². The highest BCUT2D eigenvalue weighted by atomic mass is 35.5. The Bertz CT molecular complexity index is 1420. The highest BCUT2D eigenvalue weighted by molar-refractivity contribution is 7.17. The first kappa shape index (κ1) is 25.5. The molecule has 2 N–H and O–H groups in total. The summed E-state index contributed by atoms with van der Waals surface area (Å²) in [6.45, 7) is 4.11. The van der Waals surface area contributed by atoms with Gasteiger partial charge in [0.05, 0.1) is 26.7 Å². The summed E-state index contributed by atoms with van der Waals surface area (Å²) in [5.41, 5.74) is 0.968. The third-order valence-corrected chi connectivity index (χ3v) is 8.54. The molecule has 0 unspecified atom stereocenters. The minimum absolute atomic E-state index is 0.00150. The molecule has 1 atom stereocenters. The third-order valence-electron chi connectivity index (χ3n) is 6.30. The summed E-state index contributed by atoms with van der Waals surface area (Å²) in [6, 6.07) is 3.46. The number of rotatable bonds is 7. The molecule has 1 fully saturated rings. The van der Waals surface area contributed by atoms with Gasteiger partial charge in [0.25, 0.3) is 5.91 Å². The molecule has 2 aliphatic heterocycles. The summed E-state index contributed by atoms with van der Waals surface area (Å²) in [5.74, 6) is -2.27. The van der Waals surface area contributed by atoms with Crippen LogP contribution in [0.15, 0.2) is 47.6 Å². The Kier molecular flexibility index (Phi) is 7.38. The van der Waals surface area contributed by atoms with Crippen molar-refractivity contribution >= 4 is 57.1 Å². The molecule has 1 saturated heterocycles. The summed E-state index contributed by atoms with van der Waals surface area (Å²) in [5, 5.41) is 14.7. The topological polar surface area (TPSA) is 98.7 Å². The number of pyridine rings is 1. The van der Waals surface area contributed by atoms with Gasteiger partial charge in [-0.3, -0.25) is 15.0 Å². The highest BCUT2D eigenvalue weighted by Crippen LogP contribution is 2.38. The zero-order chi connectivity index (χ0) is 26.1. The maximum Gasteiger partial charge on any atom is 0.335 e. The normalized spacial score (nSPS) is 17.8. The van der Waals surface area contributed by atoms with E-state index >= 15 is 0 Å². The highest BCUT2D eigenvalue weighted by Gasteiger charge is 2.25. The second kappa shape index (κ2) is 10.7. The maximum atomic E-state index is 14.9. The number of aliphatic carboxylic acids is 1. The standard InChI is InChI=1S/C25H23ClFN5O3S2/c1-14-3-2-6-32(14)12-20-21(19-10-17(26)13-36-19)29-25(37-20)30-23(33)16-9-18(27)22(28-11-16)31-7-4-15(5-8-31)24(34)35/h4-5,7,9-11,13-14H,2-3,6,8,12H2,1H3,(H,34,35)(H,29,30,33)/t14-/m1/s1. The van der Waals surface area contributed by atoms with Crippen LogP contribution >= 0.6 is 34.3 Å². The SMILES string of the molecule is C[C@@H]1CCCN1Cc1sc(NC(=O)c2cnc(N3C=CC(C(=O)O)=CC3)c(F)c2)nc1-c1cc(Cl)cs1. The summed E-state index contributed by atoms with van der Waals surface area (Å²) in [6.07, 6.45) is 7.88. The summed E-state index contributed by atoms with van der Waals surface area (Å²) >= 11 is 9.06. The van der Waals surface area contributed by atoms with E-state index in [1.807, 2.05) is 11.4 Å². The smallest absolute Gasteiger partial charge is 0.335 e. The number of likely N-dealkylation sites (tertiary alicyclic amines) is 1. The number of nitrogens with zero attached hydrogens (tertiary/aromatic N) is 4. The Morgan fingerprint density at radius 2 is 2.19 bits per heavy atom. The molecule has 0 aromatic carbocycles. The first-order valence-corrected chi connectivity index (χ1v) is 13.7. The van der Waals surface area contributed by atoms with Crippen molar-refractivity contribution in [1.29, 1.82) is 0 Å². The van der Waals surface area contributed by atoms with E-state index in [1.165, 1.54) is 52.1 Å². The van der Waals surface area contributed by atoms with Crippen LogP contribution in [-0.4, -0.2) is 51.0 Å². The van der Waals surface area contributed by atoms with E-state index in [-0.39, 0.29) is 23.5 Å². The average molecular weight is 560 g/mol. The van der Waals surface area contributed by atoms with Gasteiger partial charge in [0.15, 0.2) is 16.8 Å². The first-order chi connectivity index (χ1) is 17.8. The summed E-state index contributed by atoms with van der Waals surface area (Å²) in [7, 11) is 0. The number of hydrogen-bond donors (Lipinski definition) is 2. The van der Waals surface area contributed by atoms with E-state index in [4.69, 9.17) is 16.7 Å². The van der Waals surface area contributed by atoms with Crippen LogP contribution in [0.25, 0.3) is 10.6 Å². The van der Waals surface area contributed by atoms with Gasteiger partial charge < -0.3 is 10.0 Å². The van der Waals surface area contributed by atoms with Gasteiger partial charge in [-0.05, 0) is 44.5 Å². The number of nitrogens with one attached hydrogen (secondary N) is 1. The van der Waals surface area contributed by atoms with E-state index in [1.54, 1.807) is 0 Å². The quantitative estimate of drug-likeness (QED) is 0.386. The van der Waals surface area contributed by atoms with Crippen molar-refractivity contribution in [2.45, 2.75) is 32.4 Å². The van der Waals surface area contributed by atoms with Crippen LogP contribution < -0.4 is 10.2 Å². The maximum absolute atomic E-state index is 14.9. The predicted octanol–water partition coefficient (Wildman–Crippen LogP) is 5.64. The molecule has 0 saturated carbocycles. The number of thiophene rings is 1. The first-order valence-electron chi connectivity index (χ1n) is 11.6. The molecule has 0 radical (unpaired) electrons. The van der Waals surface area contributed by atoms with Crippen molar-refractivity contribution in [1.82, 2.24) is 14.9 Å². The van der Waals surface area contributed by atoms with Gasteiger partial charge in [0.1, 0.15) is 0 Å². The second-order valence-electron chi connectivity index (χ2n) is 8.80. The summed E-state index contributed by atoms with van der Waals surface area (Å²) < 4.78 is 14.9. The fraction of sp³-hybridized carbons (Fsp3) is 0.280. The van der Waals surface area contributed by atoms with Crippen LogP contribution in [0.4, 0.5) is 15.3 Å². The third kappa shape index (κ3) is 5.59. The van der Waals surface area contributed by atoms with Gasteiger partial charge in [-0.1, -0.05) is 29.0 Å². The number of carbonyl (C=O) groups is 2. The van der Waals surface area contributed by atoms with Gasteiger partial charge in [-0.2, -0.15) is 0 Å². The number of halogens is 2. The number of amides is 1. The van der Waals surface area contributed by atoms with Gasteiger partial charge in [-0.25, -0.2) is 19.2 Å². The van der Waals surface area contributed by atoms with E-state index in [9.17, 15) is 14.0 Å². The molecule has 0 aliphatic carbocycles. The molecule has 5 heterocycles. The molecule has 0 bridgehead atoms. The molecule has 3 aromatic rings. The number of hydrogen-bond acceptors (Lipinski definition) is 8. The molecule has 0 spiro atoms. The molecular formula is C25H23ClFN5O3S2. The van der Waals surface area contributed by atoms with Crippen molar-refractivity contribution in [2.24, 2.45) is 0 Å². The lowest BCUT2D eigenvalue weighted by Gasteiger charge is -2.21. The largest absolute Gasteiger partial charge is 0.478 e. The molecule has 1 amide bonds. The Morgan fingerprint density at radius 1 is 1.35 bits per heavy atom. The van der Waals surface area contributed by atoms with Gasteiger partial charge >= 0.3 is 5.97 Å². The van der Waals surface area contributed by atoms with Crippen molar-refractivity contribution in [3.05, 3.63) is 68.9 Å².